The van der Waals surface area contributed by atoms with Crippen molar-refractivity contribution in [2.24, 2.45) is 17.8 Å². The Hall–Kier alpha value is -2.66. The van der Waals surface area contributed by atoms with Gasteiger partial charge in [0.25, 0.3) is 0 Å². The number of nitrogens with zero attached hydrogens (tertiary/aromatic N) is 5. The number of amides is 1. The molecule has 0 aromatic carbocycles. The summed E-state index contributed by atoms with van der Waals surface area (Å²) < 4.78 is 8.13. The summed E-state index contributed by atoms with van der Waals surface area (Å²) in [6, 6.07) is 0.288. The third-order valence-corrected chi connectivity index (χ3v) is 8.69. The first-order chi connectivity index (χ1) is 18.0. The molecule has 4 heterocycles. The summed E-state index contributed by atoms with van der Waals surface area (Å²) >= 11 is 0. The van der Waals surface area contributed by atoms with Gasteiger partial charge in [0.15, 0.2) is 23.5 Å². The van der Waals surface area contributed by atoms with Gasteiger partial charge in [-0.25, -0.2) is 14.8 Å². The number of ether oxygens (including phenoxy) is 1. The van der Waals surface area contributed by atoms with Crippen LogP contribution < -0.4 is 21.0 Å². The third kappa shape index (κ3) is 5.20. The number of hydrogen-bond donors (Lipinski definition) is 3. The fourth-order valence-electron chi connectivity index (χ4n) is 6.08. The highest BCUT2D eigenvalue weighted by Crippen LogP contribution is 2.36. The predicted octanol–water partition coefficient (Wildman–Crippen LogP) is 3.72. The van der Waals surface area contributed by atoms with Crippen LogP contribution in [0.2, 0.25) is 0 Å². The molecule has 202 valence electrons. The van der Waals surface area contributed by atoms with Crippen molar-refractivity contribution in [3.63, 3.8) is 0 Å². The molecule has 1 unspecified atom stereocenters. The van der Waals surface area contributed by atoms with Crippen LogP contribution in [-0.2, 0) is 16.1 Å². The van der Waals surface area contributed by atoms with Crippen LogP contribution in [0, 0.1) is 17.8 Å². The molecule has 2 saturated heterocycles. The molecule has 0 spiro atoms. The highest BCUT2D eigenvalue weighted by molar-refractivity contribution is 5.86. The average Bonchev–Trinajstić information content (AvgIpc) is 3.32. The lowest BCUT2D eigenvalue weighted by Gasteiger charge is -2.32. The molecule has 2 aromatic rings. The second kappa shape index (κ2) is 10.6. The van der Waals surface area contributed by atoms with Gasteiger partial charge in [-0.1, -0.05) is 26.2 Å². The highest BCUT2D eigenvalue weighted by Gasteiger charge is 2.32. The van der Waals surface area contributed by atoms with Crippen molar-refractivity contribution in [1.82, 2.24) is 30.3 Å². The lowest BCUT2D eigenvalue weighted by Crippen LogP contribution is -2.32. The molecule has 2 aromatic heterocycles. The number of hydroxylamine groups is 1. The smallest absolute Gasteiger partial charge is 0.380 e. The van der Waals surface area contributed by atoms with Crippen LogP contribution in [-0.4, -0.2) is 58.0 Å². The van der Waals surface area contributed by atoms with Crippen LogP contribution in [0.3, 0.4) is 0 Å². The number of carbonyl (C=O) groups excluding carboxylic acids is 1. The maximum atomic E-state index is 11.7. The second-order valence-electron chi connectivity index (χ2n) is 11.4. The van der Waals surface area contributed by atoms with Crippen molar-refractivity contribution in [3.05, 3.63) is 5.82 Å². The minimum Gasteiger partial charge on any atom is -0.380 e. The number of carbonyl (C=O) groups is 1. The van der Waals surface area contributed by atoms with Crippen LogP contribution in [0.25, 0.3) is 11.2 Å². The molecular formula is C26H40N8O3. The summed E-state index contributed by atoms with van der Waals surface area (Å²) in [5.41, 5.74) is 4.31. The molecule has 4 fully saturated rings. The van der Waals surface area contributed by atoms with Gasteiger partial charge >= 0.3 is 6.09 Å². The molecule has 0 radical (unpaired) electrons. The van der Waals surface area contributed by atoms with Crippen LogP contribution in [0.1, 0.15) is 77.2 Å². The summed E-state index contributed by atoms with van der Waals surface area (Å²) in [6.45, 7) is 8.70. The largest absolute Gasteiger partial charge is 0.427 e. The van der Waals surface area contributed by atoms with E-state index in [9.17, 15) is 4.79 Å². The summed E-state index contributed by atoms with van der Waals surface area (Å²) in [5.74, 6) is 4.24. The Labute approximate surface area is 218 Å². The molecule has 2 aliphatic heterocycles. The first-order valence-corrected chi connectivity index (χ1v) is 14.2. The molecule has 2 aliphatic carbocycles. The van der Waals surface area contributed by atoms with Crippen molar-refractivity contribution in [2.45, 2.75) is 84.0 Å². The van der Waals surface area contributed by atoms with Gasteiger partial charge in [0, 0.05) is 32.3 Å². The van der Waals surface area contributed by atoms with Gasteiger partial charge in [0.2, 0.25) is 5.95 Å². The highest BCUT2D eigenvalue weighted by atomic mass is 16.7. The van der Waals surface area contributed by atoms with Crippen LogP contribution in [0.5, 0.6) is 0 Å². The molecule has 11 nitrogen and oxygen atoms in total. The Morgan fingerprint density at radius 2 is 1.89 bits per heavy atom. The van der Waals surface area contributed by atoms with Gasteiger partial charge in [0.05, 0.1) is 6.61 Å². The van der Waals surface area contributed by atoms with E-state index in [0.717, 1.165) is 55.9 Å². The fourth-order valence-corrected chi connectivity index (χ4v) is 6.08. The van der Waals surface area contributed by atoms with Gasteiger partial charge in [-0.3, -0.25) is 5.32 Å². The zero-order valence-electron chi connectivity index (χ0n) is 22.0. The molecule has 6 rings (SSSR count). The van der Waals surface area contributed by atoms with E-state index in [4.69, 9.17) is 24.5 Å². The number of rotatable bonds is 7. The van der Waals surface area contributed by atoms with E-state index in [0.29, 0.717) is 29.9 Å². The number of imidazole rings is 1. The van der Waals surface area contributed by atoms with Gasteiger partial charge in [-0.2, -0.15) is 4.98 Å². The molecule has 3 N–H and O–H groups in total. The van der Waals surface area contributed by atoms with E-state index in [2.05, 4.69) is 39.4 Å². The van der Waals surface area contributed by atoms with E-state index < -0.39 is 12.3 Å². The maximum Gasteiger partial charge on any atom is 0.427 e. The van der Waals surface area contributed by atoms with Crippen molar-refractivity contribution in [1.29, 1.82) is 0 Å². The SMILES string of the molecule is CC1CCC(Cn2c(N3CCCOCC3)nc3nc(C4NOC(=O)N4)nc(N[C@H](C)C4CCC4)c32)CC1. The van der Waals surface area contributed by atoms with Gasteiger partial charge in [0.1, 0.15) is 5.52 Å². The van der Waals surface area contributed by atoms with E-state index in [1.54, 1.807) is 0 Å². The third-order valence-electron chi connectivity index (χ3n) is 8.69. The molecular weight excluding hydrogens is 472 g/mol. The predicted molar refractivity (Wildman–Crippen MR) is 140 cm³/mol. The molecule has 2 saturated carbocycles. The van der Waals surface area contributed by atoms with Crippen LogP contribution in [0.4, 0.5) is 16.6 Å². The van der Waals surface area contributed by atoms with Gasteiger partial charge in [-0.05, 0) is 56.8 Å². The molecule has 0 bridgehead atoms. The summed E-state index contributed by atoms with van der Waals surface area (Å²) in [4.78, 5) is 33.9. The minimum atomic E-state index is -0.614. The lowest BCUT2D eigenvalue weighted by atomic mass is 9.80. The fraction of sp³-hybridized carbons (Fsp3) is 0.769. The van der Waals surface area contributed by atoms with Gasteiger partial charge in [-0.15, -0.1) is 5.48 Å². The van der Waals surface area contributed by atoms with Crippen LogP contribution >= 0.6 is 0 Å². The Balaban J connectivity index is 1.43. The zero-order valence-corrected chi connectivity index (χ0v) is 22.0. The molecule has 1 amide bonds. The first-order valence-electron chi connectivity index (χ1n) is 14.2. The molecule has 11 heteroatoms. The van der Waals surface area contributed by atoms with E-state index in [-0.39, 0.29) is 6.04 Å². The lowest BCUT2D eigenvalue weighted by molar-refractivity contribution is 0.120. The monoisotopic (exact) mass is 512 g/mol. The first kappa shape index (κ1) is 24.7. The number of hydrogen-bond acceptors (Lipinski definition) is 9. The molecule has 4 aliphatic rings. The summed E-state index contributed by atoms with van der Waals surface area (Å²) in [6.07, 6.45) is 8.62. The van der Waals surface area contributed by atoms with E-state index >= 15 is 0 Å². The van der Waals surface area contributed by atoms with Crippen LogP contribution in [0.15, 0.2) is 0 Å². The van der Waals surface area contributed by atoms with Crippen molar-refractivity contribution in [2.75, 3.05) is 36.5 Å². The van der Waals surface area contributed by atoms with E-state index in [1.807, 2.05) is 0 Å². The summed E-state index contributed by atoms with van der Waals surface area (Å²) in [5, 5.41) is 6.48. The van der Waals surface area contributed by atoms with Gasteiger partial charge < -0.3 is 24.4 Å². The van der Waals surface area contributed by atoms with Crippen molar-refractivity contribution < 1.29 is 14.4 Å². The quantitative estimate of drug-likeness (QED) is 0.510. The van der Waals surface area contributed by atoms with E-state index in [1.165, 1.54) is 44.9 Å². The average molecular weight is 513 g/mol. The molecule has 2 atom stereocenters. The molecule has 37 heavy (non-hydrogen) atoms. The number of anilines is 2. The second-order valence-corrected chi connectivity index (χ2v) is 11.4. The van der Waals surface area contributed by atoms with Crippen molar-refractivity contribution >= 4 is 29.0 Å². The Bertz CT molecular complexity index is 1100. The normalized spacial score (nSPS) is 27.9. The topological polar surface area (TPSA) is 118 Å². The number of nitrogens with one attached hydrogen (secondary N) is 3. The zero-order chi connectivity index (χ0) is 25.4. The summed E-state index contributed by atoms with van der Waals surface area (Å²) in [7, 11) is 0. The Kier molecular flexibility index (Phi) is 7.07. The number of fused-ring (bicyclic) bond motifs is 1. The standard InChI is InChI=1S/C26H40N8O3/c1-16-7-9-18(10-8-16)15-34-20-21(27-17(2)19-5-3-6-19)28-23(24-31-26(35)37-32-24)29-22(20)30-25(34)33-11-4-13-36-14-12-33/h16-19,24,32H,3-15H2,1-2H3,(H,31,35)(H,27,28,29)/t16?,17-,18?,24?/m1/s1. The maximum absolute atomic E-state index is 11.7. The Morgan fingerprint density at radius 1 is 1.05 bits per heavy atom. The minimum absolute atomic E-state index is 0.288. The van der Waals surface area contributed by atoms with Crippen molar-refractivity contribution in [3.8, 4) is 0 Å². The Morgan fingerprint density at radius 3 is 2.62 bits per heavy atom. The number of aromatic nitrogens is 4.